The molecule has 0 unspecified atom stereocenters. The van der Waals surface area contributed by atoms with Crippen molar-refractivity contribution in [2.75, 3.05) is 6.54 Å². The van der Waals surface area contributed by atoms with Crippen molar-refractivity contribution in [3.63, 3.8) is 0 Å². The molecule has 0 saturated carbocycles. The highest BCUT2D eigenvalue weighted by atomic mass is 19.1. The van der Waals surface area contributed by atoms with Crippen LogP contribution in [0.4, 0.5) is 10.1 Å². The van der Waals surface area contributed by atoms with Crippen molar-refractivity contribution in [1.29, 1.82) is 0 Å². The molecule has 0 atom stereocenters. The Bertz CT molecular complexity index is 527. The Balaban J connectivity index is 2.79. The molecule has 6 heteroatoms. The zero-order chi connectivity index (χ0) is 15.5. The molecule has 1 aromatic rings. The lowest BCUT2D eigenvalue weighted by Crippen LogP contribution is -2.37. The van der Waals surface area contributed by atoms with Gasteiger partial charge in [0, 0.05) is 18.2 Å². The second-order valence-electron chi connectivity index (χ2n) is 5.75. The van der Waals surface area contributed by atoms with Crippen LogP contribution in [0.3, 0.4) is 0 Å². The molecule has 0 spiro atoms. The quantitative estimate of drug-likeness (QED) is 0.666. The summed E-state index contributed by atoms with van der Waals surface area (Å²) >= 11 is 0. The van der Waals surface area contributed by atoms with Gasteiger partial charge in [0.2, 0.25) is 5.82 Å². The van der Waals surface area contributed by atoms with Crippen molar-refractivity contribution >= 4 is 11.6 Å². The molecule has 0 radical (unpaired) electrons. The Morgan fingerprint density at radius 3 is 2.50 bits per heavy atom. The van der Waals surface area contributed by atoms with Gasteiger partial charge < -0.3 is 5.32 Å². The molecular weight excluding hydrogens is 263 g/mol. The maximum atomic E-state index is 13.4. The average Bonchev–Trinajstić information content (AvgIpc) is 2.35. The zero-order valence-electron chi connectivity index (χ0n) is 12.1. The van der Waals surface area contributed by atoms with Gasteiger partial charge in [0.15, 0.2) is 0 Å². The van der Waals surface area contributed by atoms with E-state index in [-0.39, 0.29) is 11.0 Å². The van der Waals surface area contributed by atoms with Gasteiger partial charge in [0.1, 0.15) is 0 Å². The number of nitrogens with zero attached hydrogens (tertiary/aromatic N) is 1. The molecule has 1 N–H and O–H groups in total. The summed E-state index contributed by atoms with van der Waals surface area (Å²) < 4.78 is 13.4. The number of benzene rings is 1. The molecule has 0 aliphatic carbocycles. The number of hydrogen-bond donors (Lipinski definition) is 1. The minimum Gasteiger partial charge on any atom is -0.351 e. The van der Waals surface area contributed by atoms with Crippen LogP contribution in [-0.2, 0) is 0 Å². The van der Waals surface area contributed by atoms with Gasteiger partial charge in [-0.25, -0.2) is 0 Å². The van der Waals surface area contributed by atoms with E-state index >= 15 is 0 Å². The third-order valence-corrected chi connectivity index (χ3v) is 3.67. The van der Waals surface area contributed by atoms with Gasteiger partial charge in [0.05, 0.1) is 4.92 Å². The van der Waals surface area contributed by atoms with Gasteiger partial charge in [-0.1, -0.05) is 27.7 Å². The van der Waals surface area contributed by atoms with E-state index in [1.807, 2.05) is 13.8 Å². The lowest BCUT2D eigenvalue weighted by atomic mass is 9.81. The monoisotopic (exact) mass is 282 g/mol. The van der Waals surface area contributed by atoms with Crippen LogP contribution in [0.2, 0.25) is 0 Å². The first-order chi connectivity index (χ1) is 9.15. The third-order valence-electron chi connectivity index (χ3n) is 3.67. The molecule has 1 rings (SSSR count). The number of amides is 1. The molecule has 1 amide bonds. The maximum Gasteiger partial charge on any atom is 0.304 e. The number of carbonyl (C=O) groups is 1. The summed E-state index contributed by atoms with van der Waals surface area (Å²) in [6, 6.07) is 3.13. The van der Waals surface area contributed by atoms with Crippen LogP contribution in [0, 0.1) is 27.3 Å². The molecule has 0 fully saturated rings. The van der Waals surface area contributed by atoms with Crippen molar-refractivity contribution in [2.24, 2.45) is 11.3 Å². The Morgan fingerprint density at radius 2 is 2.05 bits per heavy atom. The topological polar surface area (TPSA) is 72.2 Å². The number of hydrogen-bond acceptors (Lipinski definition) is 3. The number of nitro benzene ring substituents is 1. The summed E-state index contributed by atoms with van der Waals surface area (Å²) in [5.41, 5.74) is -0.647. The van der Waals surface area contributed by atoms with E-state index in [4.69, 9.17) is 0 Å². The van der Waals surface area contributed by atoms with Crippen LogP contribution >= 0.6 is 0 Å². The van der Waals surface area contributed by atoms with E-state index in [2.05, 4.69) is 19.2 Å². The average molecular weight is 282 g/mol. The third kappa shape index (κ3) is 3.76. The molecular formula is C14H19FN2O3. The Morgan fingerprint density at radius 1 is 1.45 bits per heavy atom. The standard InChI is InChI=1S/C14H19FN2O3/c1-9(2)14(3,4)8-16-13(18)10-5-6-12(17(19)20)11(15)7-10/h5-7,9H,8H2,1-4H3,(H,16,18). The number of rotatable bonds is 5. The number of nitro groups is 1. The van der Waals surface area contributed by atoms with E-state index in [9.17, 15) is 19.3 Å². The highest BCUT2D eigenvalue weighted by Gasteiger charge is 2.23. The highest BCUT2D eigenvalue weighted by Crippen LogP contribution is 2.25. The molecule has 110 valence electrons. The molecule has 0 saturated heterocycles. The second kappa shape index (κ2) is 5.98. The van der Waals surface area contributed by atoms with Crippen molar-refractivity contribution in [3.05, 3.63) is 39.7 Å². The summed E-state index contributed by atoms with van der Waals surface area (Å²) in [5, 5.41) is 13.2. The summed E-state index contributed by atoms with van der Waals surface area (Å²) in [6.07, 6.45) is 0. The molecule has 0 aliphatic heterocycles. The summed E-state index contributed by atoms with van der Waals surface area (Å²) in [4.78, 5) is 21.6. The zero-order valence-corrected chi connectivity index (χ0v) is 12.1. The molecule has 0 aliphatic rings. The normalized spacial score (nSPS) is 11.5. The van der Waals surface area contributed by atoms with E-state index in [1.165, 1.54) is 6.07 Å². The fourth-order valence-electron chi connectivity index (χ4n) is 1.41. The minimum atomic E-state index is -1.01. The van der Waals surface area contributed by atoms with E-state index in [0.717, 1.165) is 12.1 Å². The fraction of sp³-hybridized carbons (Fsp3) is 0.500. The molecule has 0 bridgehead atoms. The number of nitrogens with one attached hydrogen (secondary N) is 1. The number of carbonyl (C=O) groups excluding carboxylic acids is 1. The lowest BCUT2D eigenvalue weighted by molar-refractivity contribution is -0.387. The van der Waals surface area contributed by atoms with E-state index in [1.54, 1.807) is 0 Å². The first kappa shape index (κ1) is 16.1. The Hall–Kier alpha value is -1.98. The lowest BCUT2D eigenvalue weighted by Gasteiger charge is -2.29. The maximum absolute atomic E-state index is 13.4. The van der Waals surface area contributed by atoms with Crippen LogP contribution < -0.4 is 5.32 Å². The summed E-state index contributed by atoms with van der Waals surface area (Å²) in [7, 11) is 0. The van der Waals surface area contributed by atoms with Crippen LogP contribution in [0.15, 0.2) is 18.2 Å². The molecule has 0 aromatic heterocycles. The summed E-state index contributed by atoms with van der Waals surface area (Å²) in [6.45, 7) is 8.60. The summed E-state index contributed by atoms with van der Waals surface area (Å²) in [5.74, 6) is -1.07. The first-order valence-electron chi connectivity index (χ1n) is 6.37. The van der Waals surface area contributed by atoms with Crippen molar-refractivity contribution in [2.45, 2.75) is 27.7 Å². The highest BCUT2D eigenvalue weighted by molar-refractivity contribution is 5.94. The Labute approximate surface area is 117 Å². The largest absolute Gasteiger partial charge is 0.351 e. The molecule has 0 heterocycles. The van der Waals surface area contributed by atoms with E-state index in [0.29, 0.717) is 12.5 Å². The first-order valence-corrected chi connectivity index (χ1v) is 6.37. The van der Waals surface area contributed by atoms with Crippen LogP contribution in [0.5, 0.6) is 0 Å². The smallest absolute Gasteiger partial charge is 0.304 e. The van der Waals surface area contributed by atoms with Crippen molar-refractivity contribution < 1.29 is 14.1 Å². The van der Waals surface area contributed by atoms with E-state index < -0.39 is 22.3 Å². The van der Waals surface area contributed by atoms with Gasteiger partial charge in [-0.15, -0.1) is 0 Å². The predicted octanol–water partition coefficient (Wildman–Crippen LogP) is 3.15. The predicted molar refractivity (Wildman–Crippen MR) is 74.0 cm³/mol. The second-order valence-corrected chi connectivity index (χ2v) is 5.75. The van der Waals surface area contributed by atoms with Gasteiger partial charge in [-0.2, -0.15) is 4.39 Å². The van der Waals surface area contributed by atoms with Crippen LogP contribution in [0.25, 0.3) is 0 Å². The SMILES string of the molecule is CC(C)C(C)(C)CNC(=O)c1ccc([N+](=O)[O-])c(F)c1. The van der Waals surface area contributed by atoms with Crippen LogP contribution in [0.1, 0.15) is 38.1 Å². The van der Waals surface area contributed by atoms with Gasteiger partial charge in [-0.3, -0.25) is 14.9 Å². The molecule has 5 nitrogen and oxygen atoms in total. The van der Waals surface area contributed by atoms with Crippen molar-refractivity contribution in [1.82, 2.24) is 5.32 Å². The van der Waals surface area contributed by atoms with Crippen LogP contribution in [-0.4, -0.2) is 17.4 Å². The number of halogens is 1. The molecule has 20 heavy (non-hydrogen) atoms. The van der Waals surface area contributed by atoms with Gasteiger partial charge in [0.25, 0.3) is 5.91 Å². The van der Waals surface area contributed by atoms with Gasteiger partial charge >= 0.3 is 5.69 Å². The Kier molecular flexibility index (Phi) is 4.81. The van der Waals surface area contributed by atoms with Gasteiger partial charge in [-0.05, 0) is 23.5 Å². The fourth-order valence-corrected chi connectivity index (χ4v) is 1.41. The minimum absolute atomic E-state index is 0.0765. The molecule has 1 aromatic carbocycles. The van der Waals surface area contributed by atoms with Crippen molar-refractivity contribution in [3.8, 4) is 0 Å².